The SMILES string of the molecule is CSc1cc(C)[nH]c(=O)c1CNC(=O)c1c(C)n([C@H](C)C2CCC(NC3CC(O)C3)CC2)c2ccccc12. The third-order valence-corrected chi connectivity index (χ3v) is 9.51. The van der Waals surface area contributed by atoms with Crippen molar-refractivity contribution < 1.29 is 9.90 Å². The number of hydrogen-bond acceptors (Lipinski definition) is 5. The first-order valence-corrected chi connectivity index (χ1v) is 15.1. The zero-order valence-corrected chi connectivity index (χ0v) is 23.7. The van der Waals surface area contributed by atoms with Crippen LogP contribution in [0.1, 0.15) is 78.8 Å². The van der Waals surface area contributed by atoms with Crippen LogP contribution in [0.25, 0.3) is 10.9 Å². The van der Waals surface area contributed by atoms with Gasteiger partial charge in [-0.05, 0) is 83.6 Å². The summed E-state index contributed by atoms with van der Waals surface area (Å²) in [5.74, 6) is 0.396. The highest BCUT2D eigenvalue weighted by Crippen LogP contribution is 2.38. The van der Waals surface area contributed by atoms with Gasteiger partial charge in [-0.1, -0.05) is 18.2 Å². The van der Waals surface area contributed by atoms with Crippen molar-refractivity contribution in [2.24, 2.45) is 5.92 Å². The summed E-state index contributed by atoms with van der Waals surface area (Å²) in [4.78, 5) is 29.9. The highest BCUT2D eigenvalue weighted by atomic mass is 32.2. The predicted molar refractivity (Wildman–Crippen MR) is 154 cm³/mol. The number of aliphatic hydroxyl groups is 1. The summed E-state index contributed by atoms with van der Waals surface area (Å²) in [5.41, 5.74) is 4.01. The number of H-pyrrole nitrogens is 1. The van der Waals surface area contributed by atoms with Gasteiger partial charge in [0, 0.05) is 57.4 Å². The van der Waals surface area contributed by atoms with Crippen LogP contribution in [0, 0.1) is 19.8 Å². The quantitative estimate of drug-likeness (QED) is 0.309. The lowest BCUT2D eigenvalue weighted by Crippen LogP contribution is -2.49. The lowest BCUT2D eigenvalue weighted by molar-refractivity contribution is 0.0533. The molecule has 2 aromatic heterocycles. The van der Waals surface area contributed by atoms with Gasteiger partial charge >= 0.3 is 0 Å². The number of carbonyl (C=O) groups excluding carboxylic acids is 1. The molecule has 0 unspecified atom stereocenters. The molecule has 0 bridgehead atoms. The van der Waals surface area contributed by atoms with Crippen molar-refractivity contribution in [2.45, 2.75) is 95.0 Å². The summed E-state index contributed by atoms with van der Waals surface area (Å²) < 4.78 is 2.36. The van der Waals surface area contributed by atoms with Crippen LogP contribution in [0.3, 0.4) is 0 Å². The Kier molecular flexibility index (Phi) is 8.03. The van der Waals surface area contributed by atoms with Crippen molar-refractivity contribution in [3.05, 3.63) is 63.2 Å². The van der Waals surface area contributed by atoms with Crippen LogP contribution in [-0.2, 0) is 6.54 Å². The second-order valence-corrected chi connectivity index (χ2v) is 12.0. The largest absolute Gasteiger partial charge is 0.393 e. The van der Waals surface area contributed by atoms with E-state index in [1.54, 1.807) is 0 Å². The second kappa shape index (κ2) is 11.3. The summed E-state index contributed by atoms with van der Waals surface area (Å²) in [7, 11) is 0. The third-order valence-electron chi connectivity index (χ3n) is 8.70. The highest BCUT2D eigenvalue weighted by Gasteiger charge is 2.33. The Morgan fingerprint density at radius 2 is 1.87 bits per heavy atom. The molecule has 0 aliphatic heterocycles. The van der Waals surface area contributed by atoms with Crippen LogP contribution >= 0.6 is 11.8 Å². The maximum Gasteiger partial charge on any atom is 0.254 e. The monoisotopic (exact) mass is 536 g/mol. The number of aryl methyl sites for hydroxylation is 1. The van der Waals surface area contributed by atoms with Crippen LogP contribution in [0.4, 0.5) is 0 Å². The molecular formula is C30H40N4O3S. The van der Waals surface area contributed by atoms with Gasteiger partial charge < -0.3 is 25.3 Å². The fraction of sp³-hybridized carbons (Fsp3) is 0.533. The first-order chi connectivity index (χ1) is 18.3. The molecule has 8 heteroatoms. The van der Waals surface area contributed by atoms with Crippen molar-refractivity contribution in [1.82, 2.24) is 20.2 Å². The first-order valence-electron chi connectivity index (χ1n) is 13.9. The van der Waals surface area contributed by atoms with Crippen LogP contribution in [0.5, 0.6) is 0 Å². The number of benzene rings is 1. The summed E-state index contributed by atoms with van der Waals surface area (Å²) in [6.45, 7) is 6.39. The number of carbonyl (C=O) groups is 1. The van der Waals surface area contributed by atoms with E-state index in [1.807, 2.05) is 44.4 Å². The Balaban J connectivity index is 1.34. The molecule has 38 heavy (non-hydrogen) atoms. The molecule has 5 rings (SSSR count). The van der Waals surface area contributed by atoms with Crippen LogP contribution in [0.15, 0.2) is 40.0 Å². The number of fused-ring (bicyclic) bond motifs is 1. The van der Waals surface area contributed by atoms with Gasteiger partial charge in [0.2, 0.25) is 0 Å². The van der Waals surface area contributed by atoms with Gasteiger partial charge in [0.15, 0.2) is 0 Å². The van der Waals surface area contributed by atoms with E-state index in [-0.39, 0.29) is 30.2 Å². The lowest BCUT2D eigenvalue weighted by atomic mass is 9.80. The minimum atomic E-state index is -0.152. The van der Waals surface area contributed by atoms with Crippen molar-refractivity contribution in [3.8, 4) is 0 Å². The Labute approximate surface area is 228 Å². The van der Waals surface area contributed by atoms with E-state index in [0.29, 0.717) is 29.1 Å². The normalized spacial score (nSPS) is 24.2. The first kappa shape index (κ1) is 27.0. The van der Waals surface area contributed by atoms with Gasteiger partial charge in [-0.3, -0.25) is 9.59 Å². The minimum absolute atomic E-state index is 0.120. The molecule has 0 saturated heterocycles. The van der Waals surface area contributed by atoms with Gasteiger partial charge in [0.05, 0.1) is 11.7 Å². The average molecular weight is 537 g/mol. The van der Waals surface area contributed by atoms with Gasteiger partial charge in [-0.15, -0.1) is 11.8 Å². The average Bonchev–Trinajstić information content (AvgIpc) is 3.18. The highest BCUT2D eigenvalue weighted by molar-refractivity contribution is 7.98. The van der Waals surface area contributed by atoms with Crippen molar-refractivity contribution in [3.63, 3.8) is 0 Å². The van der Waals surface area contributed by atoms with Crippen molar-refractivity contribution in [2.75, 3.05) is 6.26 Å². The van der Waals surface area contributed by atoms with E-state index in [4.69, 9.17) is 0 Å². The smallest absolute Gasteiger partial charge is 0.254 e. The molecule has 2 heterocycles. The molecule has 2 aliphatic rings. The number of pyridine rings is 1. The standard InChI is InChI=1S/C30H40N4O3S/c1-17-13-27(38-4)25(29(36)32-17)16-31-30(37)28-19(3)34(26-8-6-5-7-24(26)28)18(2)20-9-11-21(12-10-20)33-22-14-23(35)15-22/h5-8,13,18,20-23,33,35H,9-12,14-16H2,1-4H3,(H,31,37)(H,32,36)/t18-,20?,21?,22?,23?/m1/s1. The molecule has 7 nitrogen and oxygen atoms in total. The summed E-state index contributed by atoms with van der Waals surface area (Å²) >= 11 is 1.52. The fourth-order valence-electron chi connectivity index (χ4n) is 6.53. The van der Waals surface area contributed by atoms with Gasteiger partial charge in [0.1, 0.15) is 0 Å². The molecule has 204 valence electrons. The van der Waals surface area contributed by atoms with Gasteiger partial charge in [-0.25, -0.2) is 0 Å². The second-order valence-electron chi connectivity index (χ2n) is 11.2. The summed E-state index contributed by atoms with van der Waals surface area (Å²) in [6, 6.07) is 11.4. The molecule has 0 radical (unpaired) electrons. The number of aromatic amines is 1. The topological polar surface area (TPSA) is 99.2 Å². The Morgan fingerprint density at radius 1 is 1.16 bits per heavy atom. The number of nitrogens with zero attached hydrogens (tertiary/aromatic N) is 1. The minimum Gasteiger partial charge on any atom is -0.393 e. The maximum absolute atomic E-state index is 13.6. The number of para-hydroxylation sites is 1. The number of rotatable bonds is 8. The zero-order valence-electron chi connectivity index (χ0n) is 22.8. The Bertz CT molecular complexity index is 1370. The molecular weight excluding hydrogens is 496 g/mol. The Hall–Kier alpha value is -2.55. The number of amides is 1. The number of hydrogen-bond donors (Lipinski definition) is 4. The molecule has 2 fully saturated rings. The van der Waals surface area contributed by atoms with Crippen LogP contribution in [-0.4, -0.2) is 45.0 Å². The molecule has 0 spiro atoms. The molecule has 2 aliphatic carbocycles. The van der Waals surface area contributed by atoms with E-state index in [0.717, 1.165) is 65.7 Å². The fourth-order valence-corrected chi connectivity index (χ4v) is 7.24. The van der Waals surface area contributed by atoms with E-state index in [2.05, 4.69) is 33.2 Å². The van der Waals surface area contributed by atoms with Crippen LogP contribution in [0.2, 0.25) is 0 Å². The van der Waals surface area contributed by atoms with E-state index in [9.17, 15) is 14.7 Å². The van der Waals surface area contributed by atoms with Crippen molar-refractivity contribution in [1.29, 1.82) is 0 Å². The number of aromatic nitrogens is 2. The molecule has 1 amide bonds. The zero-order chi connectivity index (χ0) is 27.0. The number of nitrogens with one attached hydrogen (secondary N) is 3. The van der Waals surface area contributed by atoms with E-state index >= 15 is 0 Å². The summed E-state index contributed by atoms with van der Waals surface area (Å²) in [5, 5.41) is 17.3. The number of thioether (sulfide) groups is 1. The number of aliphatic hydroxyl groups excluding tert-OH is 1. The van der Waals surface area contributed by atoms with E-state index < -0.39 is 0 Å². The Morgan fingerprint density at radius 3 is 2.55 bits per heavy atom. The maximum atomic E-state index is 13.6. The predicted octanol–water partition coefficient (Wildman–Crippen LogP) is 4.83. The molecule has 1 aromatic carbocycles. The van der Waals surface area contributed by atoms with E-state index in [1.165, 1.54) is 11.8 Å². The summed E-state index contributed by atoms with van der Waals surface area (Å²) in [6.07, 6.45) is 8.18. The third kappa shape index (κ3) is 5.31. The molecule has 2 saturated carbocycles. The van der Waals surface area contributed by atoms with Gasteiger partial charge in [0.25, 0.3) is 11.5 Å². The molecule has 3 aromatic rings. The lowest BCUT2D eigenvalue weighted by Gasteiger charge is -2.39. The van der Waals surface area contributed by atoms with Gasteiger partial charge in [-0.2, -0.15) is 0 Å². The van der Waals surface area contributed by atoms with Crippen molar-refractivity contribution >= 4 is 28.6 Å². The van der Waals surface area contributed by atoms with Crippen LogP contribution < -0.4 is 16.2 Å². The molecule has 4 N–H and O–H groups in total. The molecule has 1 atom stereocenters.